The number of rotatable bonds is 7. The third kappa shape index (κ3) is 4.08. The van der Waals surface area contributed by atoms with E-state index in [9.17, 15) is 9.90 Å². The first-order chi connectivity index (χ1) is 12.6. The number of hydrogen-bond donors (Lipinski definition) is 2. The van der Waals surface area contributed by atoms with Gasteiger partial charge in [0, 0.05) is 6.42 Å². The molecule has 0 spiro atoms. The van der Waals surface area contributed by atoms with E-state index in [1.807, 2.05) is 41.1 Å². The summed E-state index contributed by atoms with van der Waals surface area (Å²) >= 11 is 5.17. The Morgan fingerprint density at radius 1 is 1.19 bits per heavy atom. The van der Waals surface area contributed by atoms with Crippen molar-refractivity contribution in [2.75, 3.05) is 0 Å². The van der Waals surface area contributed by atoms with Crippen molar-refractivity contribution in [2.45, 2.75) is 32.7 Å². The molecule has 0 aliphatic rings. The molecule has 26 heavy (non-hydrogen) atoms. The maximum atomic E-state index is 11.4. The summed E-state index contributed by atoms with van der Waals surface area (Å²) in [5, 5.41) is 12.5. The van der Waals surface area contributed by atoms with Gasteiger partial charge < -0.3 is 5.11 Å². The molecule has 0 atom stereocenters. The first kappa shape index (κ1) is 18.1. The van der Waals surface area contributed by atoms with Crippen LogP contribution in [0.4, 0.5) is 0 Å². The fourth-order valence-electron chi connectivity index (χ4n) is 2.93. The molecule has 0 saturated heterocycles. The lowest BCUT2D eigenvalue weighted by molar-refractivity contribution is 0.0697. The van der Waals surface area contributed by atoms with Crippen molar-refractivity contribution >= 4 is 18.2 Å². The van der Waals surface area contributed by atoms with E-state index in [0.717, 1.165) is 41.8 Å². The molecule has 134 valence electrons. The zero-order chi connectivity index (χ0) is 18.5. The van der Waals surface area contributed by atoms with Gasteiger partial charge >= 0.3 is 5.97 Å². The van der Waals surface area contributed by atoms with Gasteiger partial charge in [-0.1, -0.05) is 55.8 Å². The molecular formula is C20H21N3O2S. The van der Waals surface area contributed by atoms with Gasteiger partial charge in [-0.05, 0) is 41.4 Å². The Morgan fingerprint density at radius 2 is 1.92 bits per heavy atom. The quantitative estimate of drug-likeness (QED) is 0.594. The van der Waals surface area contributed by atoms with Crippen LogP contribution in [0, 0.1) is 4.77 Å². The second kappa shape index (κ2) is 8.10. The smallest absolute Gasteiger partial charge is 0.336 e. The van der Waals surface area contributed by atoms with Crippen molar-refractivity contribution in [2.24, 2.45) is 0 Å². The van der Waals surface area contributed by atoms with Gasteiger partial charge in [0.15, 0.2) is 0 Å². The van der Waals surface area contributed by atoms with Gasteiger partial charge in [0.05, 0.1) is 12.1 Å². The van der Waals surface area contributed by atoms with Crippen LogP contribution in [-0.4, -0.2) is 25.8 Å². The molecule has 6 heteroatoms. The number of carbonyl (C=O) groups is 1. The van der Waals surface area contributed by atoms with Crippen LogP contribution in [0.2, 0.25) is 0 Å². The average molecular weight is 367 g/mol. The zero-order valence-electron chi connectivity index (χ0n) is 14.6. The Balaban J connectivity index is 1.83. The highest BCUT2D eigenvalue weighted by atomic mass is 32.1. The van der Waals surface area contributed by atoms with Gasteiger partial charge in [0.25, 0.3) is 0 Å². The highest BCUT2D eigenvalue weighted by Crippen LogP contribution is 2.24. The minimum atomic E-state index is -0.920. The molecule has 0 amide bonds. The summed E-state index contributed by atoms with van der Waals surface area (Å²) < 4.78 is 2.49. The summed E-state index contributed by atoms with van der Waals surface area (Å²) in [6.45, 7) is 2.81. The molecule has 0 aliphatic heterocycles. The lowest BCUT2D eigenvalue weighted by atomic mass is 9.99. The van der Waals surface area contributed by atoms with E-state index >= 15 is 0 Å². The molecule has 0 unspecified atom stereocenters. The lowest BCUT2D eigenvalue weighted by Gasteiger charge is -2.09. The molecule has 3 rings (SSSR count). The van der Waals surface area contributed by atoms with Crippen LogP contribution in [0.5, 0.6) is 0 Å². The first-order valence-corrected chi connectivity index (χ1v) is 9.06. The Bertz CT molecular complexity index is 958. The normalized spacial score (nSPS) is 10.8. The van der Waals surface area contributed by atoms with Crippen LogP contribution in [-0.2, 0) is 13.0 Å². The van der Waals surface area contributed by atoms with Crippen molar-refractivity contribution < 1.29 is 9.90 Å². The largest absolute Gasteiger partial charge is 0.478 e. The van der Waals surface area contributed by atoms with E-state index < -0.39 is 5.97 Å². The minimum Gasteiger partial charge on any atom is -0.478 e. The highest BCUT2D eigenvalue weighted by molar-refractivity contribution is 7.71. The molecule has 0 bridgehead atoms. The van der Waals surface area contributed by atoms with Gasteiger partial charge in [-0.15, -0.1) is 0 Å². The van der Waals surface area contributed by atoms with Crippen molar-refractivity contribution in [1.29, 1.82) is 0 Å². The van der Waals surface area contributed by atoms with Gasteiger partial charge in [0.1, 0.15) is 5.82 Å². The number of aromatic carboxylic acids is 1. The second-order valence-corrected chi connectivity index (χ2v) is 6.57. The summed E-state index contributed by atoms with van der Waals surface area (Å²) in [6.07, 6.45) is 3.08. The summed E-state index contributed by atoms with van der Waals surface area (Å²) in [6, 6.07) is 15.0. The molecule has 1 heterocycles. The monoisotopic (exact) mass is 367 g/mol. The molecule has 0 aliphatic carbocycles. The Hall–Kier alpha value is -2.73. The molecule has 0 radical (unpaired) electrons. The van der Waals surface area contributed by atoms with Crippen molar-refractivity contribution in [3.8, 4) is 11.1 Å². The van der Waals surface area contributed by atoms with Crippen molar-refractivity contribution in [1.82, 2.24) is 14.8 Å². The number of nitrogens with one attached hydrogen (secondary N) is 1. The number of carboxylic acid groups (broad SMARTS) is 1. The van der Waals surface area contributed by atoms with Crippen LogP contribution < -0.4 is 0 Å². The summed E-state index contributed by atoms with van der Waals surface area (Å²) in [5.41, 5.74) is 3.01. The number of nitrogens with zero attached hydrogens (tertiary/aromatic N) is 2. The fraction of sp³-hybridized carbons (Fsp3) is 0.250. The topological polar surface area (TPSA) is 70.9 Å². The molecule has 5 nitrogen and oxygen atoms in total. The Morgan fingerprint density at radius 3 is 2.62 bits per heavy atom. The number of carboxylic acids is 1. The van der Waals surface area contributed by atoms with Crippen LogP contribution in [0.1, 0.15) is 41.5 Å². The summed E-state index contributed by atoms with van der Waals surface area (Å²) in [4.78, 5) is 15.8. The lowest BCUT2D eigenvalue weighted by Crippen LogP contribution is -2.07. The van der Waals surface area contributed by atoms with Crippen LogP contribution in [0.15, 0.2) is 48.5 Å². The van der Waals surface area contributed by atoms with E-state index in [1.54, 1.807) is 12.1 Å². The zero-order valence-corrected chi connectivity index (χ0v) is 15.4. The molecule has 3 aromatic rings. The third-order valence-electron chi connectivity index (χ3n) is 4.29. The van der Waals surface area contributed by atoms with Crippen LogP contribution in [0.3, 0.4) is 0 Å². The average Bonchev–Trinajstić information content (AvgIpc) is 2.99. The second-order valence-electron chi connectivity index (χ2n) is 6.18. The first-order valence-electron chi connectivity index (χ1n) is 8.66. The number of benzene rings is 2. The molecule has 0 saturated carbocycles. The number of unbranched alkanes of at least 4 members (excludes halogenated alkanes) is 1. The number of aromatic nitrogens is 3. The van der Waals surface area contributed by atoms with E-state index in [0.29, 0.717) is 16.9 Å². The number of aryl methyl sites for hydroxylation is 1. The maximum absolute atomic E-state index is 11.4. The van der Waals surface area contributed by atoms with E-state index in [-0.39, 0.29) is 0 Å². The number of H-pyrrole nitrogens is 1. The Labute approximate surface area is 157 Å². The summed E-state index contributed by atoms with van der Waals surface area (Å²) in [5.74, 6) is 0.0494. The van der Waals surface area contributed by atoms with Gasteiger partial charge in [-0.2, -0.15) is 0 Å². The van der Waals surface area contributed by atoms with Crippen LogP contribution in [0.25, 0.3) is 11.1 Å². The van der Waals surface area contributed by atoms with E-state index in [2.05, 4.69) is 17.0 Å². The third-order valence-corrected chi connectivity index (χ3v) is 4.47. The van der Waals surface area contributed by atoms with Crippen LogP contribution >= 0.6 is 12.2 Å². The Kier molecular flexibility index (Phi) is 5.63. The molecule has 2 N–H and O–H groups in total. The highest BCUT2D eigenvalue weighted by Gasteiger charge is 2.11. The minimum absolute atomic E-state index is 0.306. The van der Waals surface area contributed by atoms with Gasteiger partial charge in [-0.25, -0.2) is 9.78 Å². The molecule has 2 aromatic carbocycles. The predicted octanol–water partition coefficient (Wildman–Crippen LogP) is 4.70. The van der Waals surface area contributed by atoms with Crippen molar-refractivity contribution in [3.63, 3.8) is 0 Å². The maximum Gasteiger partial charge on any atom is 0.336 e. The molecular weight excluding hydrogens is 346 g/mol. The van der Waals surface area contributed by atoms with Crippen molar-refractivity contribution in [3.05, 3.63) is 70.3 Å². The van der Waals surface area contributed by atoms with E-state index in [4.69, 9.17) is 12.2 Å². The SMILES string of the molecule is CCCCc1nc(=S)[nH]n1Cc1ccc(-c2ccccc2C(=O)O)cc1. The standard InChI is InChI=1S/C20H21N3O2S/c1-2-3-8-18-21-20(26)22-23(18)13-14-9-11-15(12-10-14)16-6-4-5-7-17(16)19(24)25/h4-7,9-12H,2-3,8,13H2,1H3,(H,22,26)(H,24,25). The molecule has 1 aromatic heterocycles. The van der Waals surface area contributed by atoms with E-state index in [1.165, 1.54) is 0 Å². The predicted molar refractivity (Wildman–Crippen MR) is 104 cm³/mol. The fourth-order valence-corrected chi connectivity index (χ4v) is 3.15. The summed E-state index contributed by atoms with van der Waals surface area (Å²) in [7, 11) is 0. The van der Waals surface area contributed by atoms with Gasteiger partial charge in [0.2, 0.25) is 4.77 Å². The van der Waals surface area contributed by atoms with Gasteiger partial charge in [-0.3, -0.25) is 9.78 Å². The number of hydrogen-bond acceptors (Lipinski definition) is 3. The number of aromatic amines is 1. The molecule has 0 fully saturated rings.